The number of fused-ring (bicyclic) bond motifs is 1. The molecule has 0 aliphatic rings. The third-order valence-corrected chi connectivity index (χ3v) is 1.86. The smallest absolute Gasteiger partial charge is 0.149 e. The number of hydrogen-bond donors (Lipinski definition) is 2. The molecule has 1 aromatic heterocycles. The molecule has 1 heterocycles. The molecule has 4 N–H and O–H groups in total. The molecule has 1 aromatic carbocycles. The van der Waals surface area contributed by atoms with Gasteiger partial charge in [-0.1, -0.05) is 12.1 Å². The van der Waals surface area contributed by atoms with E-state index in [4.69, 9.17) is 11.5 Å². The van der Waals surface area contributed by atoms with Gasteiger partial charge in [-0.15, -0.1) is 0 Å². The van der Waals surface area contributed by atoms with Crippen LogP contribution < -0.4 is 11.5 Å². The minimum Gasteiger partial charge on any atom is -0.396 e. The van der Waals surface area contributed by atoms with Crippen LogP contribution in [0.5, 0.6) is 0 Å². The van der Waals surface area contributed by atoms with Gasteiger partial charge in [0.25, 0.3) is 0 Å². The predicted octanol–water partition coefficient (Wildman–Crippen LogP) is 1.54. The van der Waals surface area contributed by atoms with Crippen LogP contribution in [0.2, 0.25) is 0 Å². The Kier molecular flexibility index (Phi) is 1.55. The molecule has 0 radical (unpaired) electrons. The van der Waals surface area contributed by atoms with Crippen LogP contribution in [-0.4, -0.2) is 4.98 Å². The van der Waals surface area contributed by atoms with Gasteiger partial charge in [-0.2, -0.15) is 0 Å². The Morgan fingerprint density at radius 2 is 2.00 bits per heavy atom. The number of nitrogens with two attached hydrogens (primary N) is 2. The number of para-hydroxylation sites is 1. The number of halogens is 1. The Balaban J connectivity index is 2.89. The van der Waals surface area contributed by atoms with Gasteiger partial charge in [0.1, 0.15) is 17.2 Å². The first kappa shape index (κ1) is 7.79. The summed E-state index contributed by atoms with van der Waals surface area (Å²) < 4.78 is 13.1. The first-order chi connectivity index (χ1) is 6.18. The summed E-state index contributed by atoms with van der Waals surface area (Å²) in [6.45, 7) is 0. The largest absolute Gasteiger partial charge is 0.396 e. The molecular weight excluding hydrogens is 169 g/mol. The zero-order valence-corrected chi connectivity index (χ0v) is 6.79. The molecule has 0 saturated heterocycles. The molecule has 0 fully saturated rings. The molecular formula is C9H8FN3. The standard InChI is InChI=1S/C9H8FN3/c10-6-3-1-2-5-4-7(11)9(12)13-8(5)6/h1-4H,11H2,(H2,12,13). The molecule has 2 rings (SSSR count). The van der Waals surface area contributed by atoms with Crippen LogP contribution in [-0.2, 0) is 0 Å². The van der Waals surface area contributed by atoms with Crippen molar-refractivity contribution in [3.8, 4) is 0 Å². The maximum atomic E-state index is 13.1. The van der Waals surface area contributed by atoms with Gasteiger partial charge in [0.05, 0.1) is 5.69 Å². The van der Waals surface area contributed by atoms with Gasteiger partial charge >= 0.3 is 0 Å². The highest BCUT2D eigenvalue weighted by molar-refractivity contribution is 5.85. The second kappa shape index (κ2) is 2.58. The highest BCUT2D eigenvalue weighted by Crippen LogP contribution is 2.21. The van der Waals surface area contributed by atoms with Gasteiger partial charge < -0.3 is 11.5 Å². The molecule has 0 bridgehead atoms. The van der Waals surface area contributed by atoms with Crippen LogP contribution in [0.1, 0.15) is 0 Å². The summed E-state index contributed by atoms with van der Waals surface area (Å²) >= 11 is 0. The van der Waals surface area contributed by atoms with E-state index < -0.39 is 0 Å². The van der Waals surface area contributed by atoms with Gasteiger partial charge in [-0.25, -0.2) is 9.37 Å². The van der Waals surface area contributed by atoms with Crippen LogP contribution in [0.15, 0.2) is 24.3 Å². The monoisotopic (exact) mass is 177 g/mol. The van der Waals surface area contributed by atoms with E-state index in [-0.39, 0.29) is 17.2 Å². The first-order valence-electron chi connectivity index (χ1n) is 3.78. The van der Waals surface area contributed by atoms with Crippen molar-refractivity contribution in [1.82, 2.24) is 4.98 Å². The van der Waals surface area contributed by atoms with Crippen molar-refractivity contribution in [1.29, 1.82) is 0 Å². The van der Waals surface area contributed by atoms with E-state index in [0.29, 0.717) is 11.1 Å². The van der Waals surface area contributed by atoms with Crippen LogP contribution in [0.4, 0.5) is 15.9 Å². The third-order valence-electron chi connectivity index (χ3n) is 1.86. The maximum Gasteiger partial charge on any atom is 0.149 e. The maximum absolute atomic E-state index is 13.1. The van der Waals surface area contributed by atoms with E-state index in [9.17, 15) is 4.39 Å². The quantitative estimate of drug-likeness (QED) is 0.641. The highest BCUT2D eigenvalue weighted by atomic mass is 19.1. The minimum atomic E-state index is -0.385. The summed E-state index contributed by atoms with van der Waals surface area (Å²) in [6.07, 6.45) is 0. The van der Waals surface area contributed by atoms with Crippen molar-refractivity contribution < 1.29 is 4.39 Å². The SMILES string of the molecule is Nc1cc2cccc(F)c2nc1N. The van der Waals surface area contributed by atoms with Crippen molar-refractivity contribution in [2.45, 2.75) is 0 Å². The Morgan fingerprint density at radius 3 is 2.77 bits per heavy atom. The topological polar surface area (TPSA) is 64.9 Å². The minimum absolute atomic E-state index is 0.164. The molecule has 0 unspecified atom stereocenters. The van der Waals surface area contributed by atoms with Crippen LogP contribution in [0.25, 0.3) is 10.9 Å². The molecule has 0 atom stereocenters. The lowest BCUT2D eigenvalue weighted by atomic mass is 10.2. The van der Waals surface area contributed by atoms with Crippen molar-refractivity contribution >= 4 is 22.4 Å². The molecule has 66 valence electrons. The van der Waals surface area contributed by atoms with Crippen molar-refractivity contribution in [3.63, 3.8) is 0 Å². The van der Waals surface area contributed by atoms with Gasteiger partial charge in [0, 0.05) is 5.39 Å². The molecule has 4 heteroatoms. The zero-order chi connectivity index (χ0) is 9.42. The second-order valence-electron chi connectivity index (χ2n) is 2.77. The Labute approximate surface area is 74.2 Å². The van der Waals surface area contributed by atoms with E-state index in [1.165, 1.54) is 6.07 Å². The lowest BCUT2D eigenvalue weighted by Gasteiger charge is -2.02. The number of rotatable bonds is 0. The van der Waals surface area contributed by atoms with Gasteiger partial charge in [-0.3, -0.25) is 0 Å². The number of nitrogen functional groups attached to an aromatic ring is 2. The Hall–Kier alpha value is -1.84. The first-order valence-corrected chi connectivity index (χ1v) is 3.78. The van der Waals surface area contributed by atoms with E-state index in [1.54, 1.807) is 18.2 Å². The summed E-state index contributed by atoms with van der Waals surface area (Å²) in [4.78, 5) is 3.85. The molecule has 0 amide bonds. The van der Waals surface area contributed by atoms with Crippen molar-refractivity contribution in [2.75, 3.05) is 11.5 Å². The van der Waals surface area contributed by atoms with E-state index in [0.717, 1.165) is 0 Å². The van der Waals surface area contributed by atoms with Crippen molar-refractivity contribution in [2.24, 2.45) is 0 Å². The summed E-state index contributed by atoms with van der Waals surface area (Å²) in [5.74, 6) is -0.221. The summed E-state index contributed by atoms with van der Waals surface area (Å²) in [5.41, 5.74) is 11.6. The zero-order valence-electron chi connectivity index (χ0n) is 6.79. The van der Waals surface area contributed by atoms with Crippen molar-refractivity contribution in [3.05, 3.63) is 30.1 Å². The third kappa shape index (κ3) is 1.16. The highest BCUT2D eigenvalue weighted by Gasteiger charge is 2.04. The second-order valence-corrected chi connectivity index (χ2v) is 2.77. The molecule has 2 aromatic rings. The number of benzene rings is 1. The fourth-order valence-corrected chi connectivity index (χ4v) is 1.19. The summed E-state index contributed by atoms with van der Waals surface area (Å²) in [7, 11) is 0. The molecule has 0 spiro atoms. The van der Waals surface area contributed by atoms with E-state index in [1.807, 2.05) is 0 Å². The number of nitrogens with zero attached hydrogens (tertiary/aromatic N) is 1. The fraction of sp³-hybridized carbons (Fsp3) is 0. The molecule has 0 saturated carbocycles. The van der Waals surface area contributed by atoms with E-state index >= 15 is 0 Å². The van der Waals surface area contributed by atoms with E-state index in [2.05, 4.69) is 4.98 Å². The lowest BCUT2D eigenvalue weighted by Crippen LogP contribution is -1.98. The summed E-state index contributed by atoms with van der Waals surface area (Å²) in [6, 6.07) is 6.29. The van der Waals surface area contributed by atoms with Crippen LogP contribution >= 0.6 is 0 Å². The molecule has 0 aliphatic carbocycles. The Bertz CT molecular complexity index is 468. The van der Waals surface area contributed by atoms with Gasteiger partial charge in [-0.05, 0) is 12.1 Å². The number of pyridine rings is 1. The number of hydrogen-bond acceptors (Lipinski definition) is 3. The number of anilines is 2. The number of aromatic nitrogens is 1. The van der Waals surface area contributed by atoms with Gasteiger partial charge in [0.2, 0.25) is 0 Å². The molecule has 0 aliphatic heterocycles. The van der Waals surface area contributed by atoms with Gasteiger partial charge in [0.15, 0.2) is 0 Å². The van der Waals surface area contributed by atoms with Crippen LogP contribution in [0.3, 0.4) is 0 Å². The Morgan fingerprint density at radius 1 is 1.23 bits per heavy atom. The average molecular weight is 177 g/mol. The summed E-state index contributed by atoms with van der Waals surface area (Å²) in [5, 5.41) is 0.659. The normalized spacial score (nSPS) is 10.5. The average Bonchev–Trinajstić information content (AvgIpc) is 2.09. The molecule has 13 heavy (non-hydrogen) atoms. The lowest BCUT2D eigenvalue weighted by molar-refractivity contribution is 0.637. The van der Waals surface area contributed by atoms with Crippen LogP contribution in [0, 0.1) is 5.82 Å². The predicted molar refractivity (Wildman–Crippen MR) is 50.5 cm³/mol. The molecule has 3 nitrogen and oxygen atoms in total. The fourth-order valence-electron chi connectivity index (χ4n) is 1.19.